The van der Waals surface area contributed by atoms with Crippen molar-refractivity contribution in [1.29, 1.82) is 0 Å². The fraction of sp³-hybridized carbons (Fsp3) is 0.462. The minimum Gasteiger partial charge on any atom is -0.496 e. The second-order valence-electron chi connectivity index (χ2n) is 4.30. The number of ether oxygens (including phenoxy) is 2. The minimum absolute atomic E-state index is 0.179. The predicted octanol–water partition coefficient (Wildman–Crippen LogP) is 0.910. The molecule has 4 nitrogen and oxygen atoms in total. The Bertz CT molecular complexity index is 431. The van der Waals surface area contributed by atoms with E-state index in [2.05, 4.69) is 0 Å². The van der Waals surface area contributed by atoms with Crippen molar-refractivity contribution >= 4 is 5.97 Å². The van der Waals surface area contributed by atoms with Gasteiger partial charge in [-0.2, -0.15) is 0 Å². The Labute approximate surface area is 101 Å². The van der Waals surface area contributed by atoms with E-state index in [0.29, 0.717) is 12.8 Å². The highest BCUT2D eigenvalue weighted by Gasteiger charge is 2.33. The van der Waals surface area contributed by atoms with Crippen molar-refractivity contribution in [3.8, 4) is 5.75 Å². The van der Waals surface area contributed by atoms with Crippen molar-refractivity contribution in [2.45, 2.75) is 18.9 Å². The average Bonchev–Trinajstić information content (AvgIpc) is 2.36. The monoisotopic (exact) mass is 235 g/mol. The largest absolute Gasteiger partial charge is 0.496 e. The number of benzene rings is 1. The first kappa shape index (κ1) is 11.9. The number of methoxy groups -OCH3 is 2. The molecule has 2 atom stereocenters. The lowest BCUT2D eigenvalue weighted by atomic mass is 9.80. The molecule has 0 fully saturated rings. The molecule has 0 amide bonds. The molecule has 0 radical (unpaired) electrons. The van der Waals surface area contributed by atoms with Gasteiger partial charge in [0.2, 0.25) is 0 Å². The molecule has 1 aliphatic rings. The van der Waals surface area contributed by atoms with Gasteiger partial charge in [0, 0.05) is 6.04 Å². The molecular formula is C13H17NO3. The maximum absolute atomic E-state index is 11.6. The Kier molecular flexibility index (Phi) is 3.33. The lowest BCUT2D eigenvalue weighted by Gasteiger charge is -2.29. The molecular weight excluding hydrogens is 218 g/mol. The van der Waals surface area contributed by atoms with Crippen LogP contribution in [0.5, 0.6) is 5.75 Å². The summed E-state index contributed by atoms with van der Waals surface area (Å²) in [6.45, 7) is 0. The lowest BCUT2D eigenvalue weighted by molar-refractivity contribution is -0.146. The van der Waals surface area contributed by atoms with Gasteiger partial charge in [-0.05, 0) is 30.0 Å². The number of carbonyl (C=O) groups is 1. The van der Waals surface area contributed by atoms with Gasteiger partial charge in [-0.1, -0.05) is 12.1 Å². The summed E-state index contributed by atoms with van der Waals surface area (Å²) in [7, 11) is 3.03. The molecule has 0 aromatic heterocycles. The number of nitrogens with two attached hydrogens (primary N) is 1. The van der Waals surface area contributed by atoms with Crippen molar-refractivity contribution < 1.29 is 14.3 Å². The number of hydrogen-bond donors (Lipinski definition) is 1. The smallest absolute Gasteiger partial charge is 0.310 e. The Morgan fingerprint density at radius 1 is 1.35 bits per heavy atom. The quantitative estimate of drug-likeness (QED) is 0.774. The molecule has 4 heteroatoms. The van der Waals surface area contributed by atoms with E-state index in [-0.39, 0.29) is 17.9 Å². The molecule has 0 bridgehead atoms. The van der Waals surface area contributed by atoms with Gasteiger partial charge in [0.15, 0.2) is 0 Å². The Hall–Kier alpha value is -1.55. The van der Waals surface area contributed by atoms with E-state index in [1.807, 2.05) is 18.2 Å². The van der Waals surface area contributed by atoms with Crippen LogP contribution < -0.4 is 10.5 Å². The predicted molar refractivity (Wildman–Crippen MR) is 63.9 cm³/mol. The number of fused-ring (bicyclic) bond motifs is 1. The summed E-state index contributed by atoms with van der Waals surface area (Å²) < 4.78 is 10.1. The van der Waals surface area contributed by atoms with Crippen LogP contribution in [0.2, 0.25) is 0 Å². The van der Waals surface area contributed by atoms with E-state index >= 15 is 0 Å². The number of carbonyl (C=O) groups excluding carboxylic acids is 1. The van der Waals surface area contributed by atoms with Crippen LogP contribution in [0.3, 0.4) is 0 Å². The first-order valence-corrected chi connectivity index (χ1v) is 5.65. The van der Waals surface area contributed by atoms with Crippen molar-refractivity contribution in [2.75, 3.05) is 14.2 Å². The summed E-state index contributed by atoms with van der Waals surface area (Å²) in [5.74, 6) is 0.307. The molecule has 0 spiro atoms. The maximum Gasteiger partial charge on any atom is 0.310 e. The number of hydrogen-bond acceptors (Lipinski definition) is 4. The normalized spacial score (nSPS) is 22.8. The van der Waals surface area contributed by atoms with E-state index in [9.17, 15) is 4.79 Å². The summed E-state index contributed by atoms with van der Waals surface area (Å²) in [5, 5.41) is 0. The summed E-state index contributed by atoms with van der Waals surface area (Å²) in [6, 6.07) is 5.71. The van der Waals surface area contributed by atoms with Crippen LogP contribution in [0.15, 0.2) is 18.2 Å². The third kappa shape index (κ3) is 2.13. The summed E-state index contributed by atoms with van der Waals surface area (Å²) in [4.78, 5) is 11.6. The molecule has 17 heavy (non-hydrogen) atoms. The van der Waals surface area contributed by atoms with E-state index in [1.54, 1.807) is 7.11 Å². The maximum atomic E-state index is 11.6. The highest BCUT2D eigenvalue weighted by molar-refractivity contribution is 5.74. The molecule has 1 aromatic carbocycles. The molecule has 92 valence electrons. The topological polar surface area (TPSA) is 61.5 Å². The summed E-state index contributed by atoms with van der Waals surface area (Å²) >= 11 is 0. The second kappa shape index (κ2) is 4.75. The Morgan fingerprint density at radius 2 is 2.12 bits per heavy atom. The van der Waals surface area contributed by atoms with Crippen LogP contribution in [0, 0.1) is 5.92 Å². The minimum atomic E-state index is -0.274. The highest BCUT2D eigenvalue weighted by atomic mass is 16.5. The van der Waals surface area contributed by atoms with Crippen molar-refractivity contribution in [2.24, 2.45) is 11.7 Å². The third-order valence-electron chi connectivity index (χ3n) is 3.35. The number of esters is 1. The van der Waals surface area contributed by atoms with Crippen molar-refractivity contribution in [1.82, 2.24) is 0 Å². The van der Waals surface area contributed by atoms with Crippen LogP contribution in [0.4, 0.5) is 0 Å². The van der Waals surface area contributed by atoms with E-state index < -0.39 is 0 Å². The number of rotatable bonds is 2. The SMILES string of the molecule is COC(=O)[C@@H]1Cc2c(cccc2OC)C[C@@H]1N. The fourth-order valence-electron chi connectivity index (χ4n) is 2.40. The van der Waals surface area contributed by atoms with Gasteiger partial charge in [0.05, 0.1) is 20.1 Å². The van der Waals surface area contributed by atoms with Crippen molar-refractivity contribution in [3.63, 3.8) is 0 Å². The van der Waals surface area contributed by atoms with Crippen LogP contribution in [0.1, 0.15) is 11.1 Å². The Balaban J connectivity index is 2.35. The molecule has 0 aliphatic heterocycles. The van der Waals surface area contributed by atoms with Gasteiger partial charge < -0.3 is 15.2 Å². The van der Waals surface area contributed by atoms with E-state index in [0.717, 1.165) is 16.9 Å². The van der Waals surface area contributed by atoms with Crippen LogP contribution >= 0.6 is 0 Å². The summed E-state index contributed by atoms with van der Waals surface area (Å²) in [5.41, 5.74) is 8.26. The highest BCUT2D eigenvalue weighted by Crippen LogP contribution is 2.32. The lowest BCUT2D eigenvalue weighted by Crippen LogP contribution is -2.42. The van der Waals surface area contributed by atoms with Gasteiger partial charge in [-0.15, -0.1) is 0 Å². The van der Waals surface area contributed by atoms with Gasteiger partial charge in [-0.3, -0.25) is 4.79 Å². The van der Waals surface area contributed by atoms with Gasteiger partial charge in [0.1, 0.15) is 5.75 Å². The average molecular weight is 235 g/mol. The Morgan fingerprint density at radius 3 is 2.76 bits per heavy atom. The zero-order chi connectivity index (χ0) is 12.4. The van der Waals surface area contributed by atoms with Gasteiger partial charge >= 0.3 is 5.97 Å². The fourth-order valence-corrected chi connectivity index (χ4v) is 2.40. The first-order valence-electron chi connectivity index (χ1n) is 5.65. The van der Waals surface area contributed by atoms with Crippen LogP contribution in [-0.4, -0.2) is 26.2 Å². The third-order valence-corrected chi connectivity index (χ3v) is 3.35. The molecule has 0 saturated carbocycles. The molecule has 0 unspecified atom stereocenters. The second-order valence-corrected chi connectivity index (χ2v) is 4.30. The standard InChI is InChI=1S/C13H17NO3/c1-16-12-5-3-4-8-6-11(14)10(7-9(8)12)13(15)17-2/h3-5,10-11H,6-7,14H2,1-2H3/t10-,11+/m1/s1. The van der Waals surface area contributed by atoms with E-state index in [1.165, 1.54) is 7.11 Å². The molecule has 0 heterocycles. The van der Waals surface area contributed by atoms with Crippen LogP contribution in [-0.2, 0) is 22.4 Å². The molecule has 2 rings (SSSR count). The van der Waals surface area contributed by atoms with Gasteiger partial charge in [-0.25, -0.2) is 0 Å². The zero-order valence-corrected chi connectivity index (χ0v) is 10.1. The van der Waals surface area contributed by atoms with Gasteiger partial charge in [0.25, 0.3) is 0 Å². The van der Waals surface area contributed by atoms with Crippen LogP contribution in [0.25, 0.3) is 0 Å². The molecule has 1 aromatic rings. The molecule has 0 saturated heterocycles. The van der Waals surface area contributed by atoms with Crippen molar-refractivity contribution in [3.05, 3.63) is 29.3 Å². The molecule has 1 aliphatic carbocycles. The zero-order valence-electron chi connectivity index (χ0n) is 10.1. The first-order chi connectivity index (χ1) is 8.17. The summed E-state index contributed by atoms with van der Waals surface area (Å²) in [6.07, 6.45) is 1.28. The molecule has 2 N–H and O–H groups in total. The van der Waals surface area contributed by atoms with E-state index in [4.69, 9.17) is 15.2 Å².